The molecule has 0 unspecified atom stereocenters. The van der Waals surface area contributed by atoms with E-state index < -0.39 is 0 Å². The van der Waals surface area contributed by atoms with Gasteiger partial charge in [-0.05, 0) is 36.9 Å². The average molecular weight is 359 g/mol. The first kappa shape index (κ1) is 18.6. The summed E-state index contributed by atoms with van der Waals surface area (Å²) in [6.45, 7) is 6.65. The molecule has 1 aromatic rings. The number of esters is 1. The predicted octanol–water partition coefficient (Wildman–Crippen LogP) is 4.03. The average Bonchev–Trinajstić information content (AvgIpc) is 2.93. The third kappa shape index (κ3) is 5.71. The molecule has 2 rings (SSSR count). The van der Waals surface area contributed by atoms with Gasteiger partial charge < -0.3 is 9.15 Å². The Balaban J connectivity index is 1.82. The molecule has 1 fully saturated rings. The number of aromatic nitrogens is 2. The summed E-state index contributed by atoms with van der Waals surface area (Å²) in [5.41, 5.74) is 0. The van der Waals surface area contributed by atoms with Crippen LogP contribution in [0, 0.1) is 17.8 Å². The van der Waals surface area contributed by atoms with Gasteiger partial charge in [0, 0.05) is 0 Å². The number of carbonyl (C=O) groups is 1. The minimum atomic E-state index is -0.190. The fraction of sp³-hybridized carbons (Fsp3) is 0.812. The van der Waals surface area contributed by atoms with E-state index in [1.165, 1.54) is 18.2 Å². The summed E-state index contributed by atoms with van der Waals surface area (Å²) in [6, 6.07) is 0. The first-order valence-electron chi connectivity index (χ1n) is 8.13. The number of hydrogen-bond acceptors (Lipinski definition) is 7. The Kier molecular flexibility index (Phi) is 7.27. The lowest BCUT2D eigenvalue weighted by Gasteiger charge is -2.36. The van der Waals surface area contributed by atoms with Gasteiger partial charge in [-0.25, -0.2) is 0 Å². The van der Waals surface area contributed by atoms with Gasteiger partial charge in [0.1, 0.15) is 11.9 Å². The second kappa shape index (κ2) is 8.97. The van der Waals surface area contributed by atoms with Crippen LogP contribution < -0.4 is 0 Å². The van der Waals surface area contributed by atoms with Crippen LogP contribution in [0.5, 0.6) is 0 Å². The predicted molar refractivity (Wildman–Crippen MR) is 93.5 cm³/mol. The molecule has 3 atom stereocenters. The molecule has 5 nitrogen and oxygen atoms in total. The highest BCUT2D eigenvalue weighted by Crippen LogP contribution is 2.35. The zero-order valence-corrected chi connectivity index (χ0v) is 15.9. The summed E-state index contributed by atoms with van der Waals surface area (Å²) in [6.07, 6.45) is 5.36. The topological polar surface area (TPSA) is 65.2 Å². The van der Waals surface area contributed by atoms with Crippen molar-refractivity contribution in [1.29, 1.82) is 0 Å². The molecule has 0 radical (unpaired) electrons. The fourth-order valence-corrected chi connectivity index (χ4v) is 3.98. The van der Waals surface area contributed by atoms with E-state index in [2.05, 4.69) is 31.0 Å². The van der Waals surface area contributed by atoms with Crippen LogP contribution in [-0.4, -0.2) is 34.3 Å². The summed E-state index contributed by atoms with van der Waals surface area (Å²) in [7, 11) is 0. The number of carbonyl (C=O) groups excluding carboxylic acids is 1. The lowest BCUT2D eigenvalue weighted by atomic mass is 9.75. The molecule has 1 aliphatic carbocycles. The number of nitrogens with zero attached hydrogens (tertiary/aromatic N) is 2. The van der Waals surface area contributed by atoms with Crippen LogP contribution in [0.3, 0.4) is 0 Å². The second-order valence-corrected chi connectivity index (χ2v) is 8.33. The standard InChI is InChI=1S/C16H26N2O3S2/c1-10(2)12-6-5-11(3)7-13(12)20-15(19)9-23-16-18-17-14(21-16)8-22-4/h10-13H,5-9H2,1-4H3/t11-,12-,13+/m0/s1. The van der Waals surface area contributed by atoms with Crippen LogP contribution in [0.1, 0.15) is 45.9 Å². The van der Waals surface area contributed by atoms with Crippen LogP contribution >= 0.6 is 23.5 Å². The van der Waals surface area contributed by atoms with Crippen LogP contribution in [0.25, 0.3) is 0 Å². The van der Waals surface area contributed by atoms with Crippen molar-refractivity contribution in [3.05, 3.63) is 5.89 Å². The zero-order valence-electron chi connectivity index (χ0n) is 14.3. The molecule has 0 N–H and O–H groups in total. The molecule has 1 aromatic heterocycles. The minimum Gasteiger partial charge on any atom is -0.461 e. The van der Waals surface area contributed by atoms with E-state index in [0.717, 1.165) is 12.8 Å². The summed E-state index contributed by atoms with van der Waals surface area (Å²) in [5, 5.41) is 8.30. The van der Waals surface area contributed by atoms with Gasteiger partial charge in [0.25, 0.3) is 5.22 Å². The van der Waals surface area contributed by atoms with Crippen molar-refractivity contribution in [2.24, 2.45) is 17.8 Å². The largest absolute Gasteiger partial charge is 0.461 e. The van der Waals surface area contributed by atoms with Gasteiger partial charge >= 0.3 is 5.97 Å². The number of rotatable bonds is 7. The Morgan fingerprint density at radius 3 is 2.87 bits per heavy atom. The Bertz CT molecular complexity index is 507. The van der Waals surface area contributed by atoms with Crippen molar-refractivity contribution in [2.75, 3.05) is 12.0 Å². The van der Waals surface area contributed by atoms with Gasteiger partial charge in [0.2, 0.25) is 5.89 Å². The van der Waals surface area contributed by atoms with E-state index in [9.17, 15) is 4.79 Å². The molecular weight excluding hydrogens is 332 g/mol. The van der Waals surface area contributed by atoms with E-state index in [-0.39, 0.29) is 17.8 Å². The number of thioether (sulfide) groups is 2. The Hall–Kier alpha value is -0.690. The maximum Gasteiger partial charge on any atom is 0.316 e. The monoisotopic (exact) mass is 358 g/mol. The molecule has 0 saturated heterocycles. The van der Waals surface area contributed by atoms with Gasteiger partial charge in [0.15, 0.2) is 0 Å². The zero-order chi connectivity index (χ0) is 16.8. The van der Waals surface area contributed by atoms with Gasteiger partial charge in [-0.2, -0.15) is 11.8 Å². The van der Waals surface area contributed by atoms with E-state index in [4.69, 9.17) is 9.15 Å². The number of ether oxygens (including phenoxy) is 1. The molecule has 0 bridgehead atoms. The highest BCUT2D eigenvalue weighted by molar-refractivity contribution is 7.99. The molecular formula is C16H26N2O3S2. The van der Waals surface area contributed by atoms with Crippen molar-refractivity contribution in [1.82, 2.24) is 10.2 Å². The van der Waals surface area contributed by atoms with Gasteiger partial charge in [0.05, 0.1) is 5.75 Å². The first-order valence-corrected chi connectivity index (χ1v) is 10.5. The maximum atomic E-state index is 12.2. The molecule has 130 valence electrons. The fourth-order valence-electron chi connectivity index (χ4n) is 3.05. The molecule has 1 aliphatic rings. The lowest BCUT2D eigenvalue weighted by molar-refractivity contribution is -0.152. The Labute approximate surface area is 146 Å². The third-order valence-corrected chi connectivity index (χ3v) is 5.60. The smallest absolute Gasteiger partial charge is 0.316 e. The first-order chi connectivity index (χ1) is 11.0. The van der Waals surface area contributed by atoms with Crippen molar-refractivity contribution >= 4 is 29.5 Å². The van der Waals surface area contributed by atoms with E-state index in [1.54, 1.807) is 11.8 Å². The normalized spacial score (nSPS) is 24.8. The van der Waals surface area contributed by atoms with Gasteiger partial charge in [-0.15, -0.1) is 10.2 Å². The van der Waals surface area contributed by atoms with Crippen LogP contribution in [0.4, 0.5) is 0 Å². The lowest BCUT2D eigenvalue weighted by Crippen LogP contribution is -2.36. The molecule has 1 saturated carbocycles. The van der Waals surface area contributed by atoms with Crippen LogP contribution in [0.2, 0.25) is 0 Å². The van der Waals surface area contributed by atoms with E-state index >= 15 is 0 Å². The van der Waals surface area contributed by atoms with Crippen molar-refractivity contribution in [3.8, 4) is 0 Å². The van der Waals surface area contributed by atoms with E-state index in [0.29, 0.717) is 34.6 Å². The van der Waals surface area contributed by atoms with Gasteiger partial charge in [-0.1, -0.05) is 39.0 Å². The van der Waals surface area contributed by atoms with E-state index in [1.807, 2.05) is 6.26 Å². The van der Waals surface area contributed by atoms with Crippen molar-refractivity contribution in [2.45, 2.75) is 57.1 Å². The van der Waals surface area contributed by atoms with Crippen LogP contribution in [0.15, 0.2) is 9.64 Å². The molecule has 7 heteroatoms. The second-order valence-electron chi connectivity index (χ2n) is 6.54. The van der Waals surface area contributed by atoms with Crippen LogP contribution in [-0.2, 0) is 15.3 Å². The quantitative estimate of drug-likeness (QED) is 0.538. The Morgan fingerprint density at radius 1 is 1.39 bits per heavy atom. The number of hydrogen-bond donors (Lipinski definition) is 0. The Morgan fingerprint density at radius 2 is 2.17 bits per heavy atom. The molecule has 0 spiro atoms. The molecule has 0 aliphatic heterocycles. The van der Waals surface area contributed by atoms with Crippen molar-refractivity contribution in [3.63, 3.8) is 0 Å². The summed E-state index contributed by atoms with van der Waals surface area (Å²) < 4.78 is 11.2. The highest BCUT2D eigenvalue weighted by atomic mass is 32.2. The SMILES string of the molecule is CSCc1nnc(SCC(=O)O[C@@H]2C[C@@H](C)CC[C@H]2C(C)C)o1. The molecule has 23 heavy (non-hydrogen) atoms. The van der Waals surface area contributed by atoms with Gasteiger partial charge in [-0.3, -0.25) is 4.79 Å². The highest BCUT2D eigenvalue weighted by Gasteiger charge is 2.33. The molecule has 0 aromatic carbocycles. The minimum absolute atomic E-state index is 0.0431. The molecule has 0 amide bonds. The maximum absolute atomic E-state index is 12.2. The summed E-state index contributed by atoms with van der Waals surface area (Å²) >= 11 is 2.87. The summed E-state index contributed by atoms with van der Waals surface area (Å²) in [5.74, 6) is 2.94. The van der Waals surface area contributed by atoms with Crippen molar-refractivity contribution < 1.29 is 13.9 Å². The third-order valence-electron chi connectivity index (χ3n) is 4.27. The molecule has 1 heterocycles. The summed E-state index contributed by atoms with van der Waals surface area (Å²) in [4.78, 5) is 12.2.